The molecule has 2 aromatic rings. The first-order chi connectivity index (χ1) is 14.8. The molecule has 0 amide bonds. The summed E-state index contributed by atoms with van der Waals surface area (Å²) >= 11 is 0. The van der Waals surface area contributed by atoms with Gasteiger partial charge in [0, 0.05) is 0 Å². The summed E-state index contributed by atoms with van der Waals surface area (Å²) in [6.45, 7) is 3.82. The zero-order chi connectivity index (χ0) is 21.3. The minimum absolute atomic E-state index is 0.803. The minimum Gasteiger partial charge on any atom is -0.497 e. The van der Waals surface area contributed by atoms with Crippen LogP contribution in [0.3, 0.4) is 0 Å². The summed E-state index contributed by atoms with van der Waals surface area (Å²) in [7, 11) is 1.68. The predicted octanol–water partition coefficient (Wildman–Crippen LogP) is 7.62. The number of unbranched alkanes of at least 4 members (excludes halogenated alkanes) is 9. The number of aryl methyl sites for hydroxylation is 1. The molecule has 0 radical (unpaired) electrons. The van der Waals surface area contributed by atoms with E-state index in [0.717, 1.165) is 49.7 Å². The van der Waals surface area contributed by atoms with E-state index in [1.165, 1.54) is 56.9 Å². The molecule has 0 bridgehead atoms. The zero-order valence-corrected chi connectivity index (χ0v) is 19.0. The van der Waals surface area contributed by atoms with E-state index in [1.807, 2.05) is 24.3 Å². The maximum absolute atomic E-state index is 5.82. The third-order valence-corrected chi connectivity index (χ3v) is 5.47. The molecule has 2 rings (SSSR count). The number of ether oxygens (including phenoxy) is 3. The summed E-state index contributed by atoms with van der Waals surface area (Å²) in [5.74, 6) is 2.80. The third-order valence-electron chi connectivity index (χ3n) is 5.47. The van der Waals surface area contributed by atoms with Crippen LogP contribution in [0, 0.1) is 0 Å². The van der Waals surface area contributed by atoms with E-state index in [1.54, 1.807) is 7.11 Å². The Morgan fingerprint density at radius 3 is 1.27 bits per heavy atom. The van der Waals surface area contributed by atoms with Gasteiger partial charge >= 0.3 is 0 Å². The van der Waals surface area contributed by atoms with Gasteiger partial charge in [0.2, 0.25) is 0 Å². The van der Waals surface area contributed by atoms with Crippen LogP contribution in [0.4, 0.5) is 0 Å². The number of methoxy groups -OCH3 is 1. The predicted molar refractivity (Wildman–Crippen MR) is 126 cm³/mol. The lowest BCUT2D eigenvalue weighted by Gasteiger charge is -2.07. The van der Waals surface area contributed by atoms with Gasteiger partial charge in [-0.3, -0.25) is 0 Å². The topological polar surface area (TPSA) is 27.7 Å². The van der Waals surface area contributed by atoms with E-state index < -0.39 is 0 Å². The Balaban J connectivity index is 1.32. The number of hydrogen-bond donors (Lipinski definition) is 0. The van der Waals surface area contributed by atoms with Gasteiger partial charge in [-0.25, -0.2) is 0 Å². The Morgan fingerprint density at radius 1 is 0.500 bits per heavy atom. The van der Waals surface area contributed by atoms with E-state index in [-0.39, 0.29) is 0 Å². The molecule has 0 aromatic heterocycles. The van der Waals surface area contributed by atoms with Crippen molar-refractivity contribution in [1.82, 2.24) is 0 Å². The van der Waals surface area contributed by atoms with Crippen LogP contribution in [-0.2, 0) is 6.42 Å². The molecule has 3 heteroatoms. The van der Waals surface area contributed by atoms with Crippen LogP contribution >= 0.6 is 0 Å². The van der Waals surface area contributed by atoms with Gasteiger partial charge in [0.1, 0.15) is 17.2 Å². The van der Waals surface area contributed by atoms with Gasteiger partial charge in [0.05, 0.1) is 20.3 Å². The van der Waals surface area contributed by atoms with Crippen LogP contribution in [0.1, 0.15) is 76.7 Å². The summed E-state index contributed by atoms with van der Waals surface area (Å²) in [4.78, 5) is 0. The molecule has 2 aromatic carbocycles. The Labute approximate surface area is 183 Å². The molecule has 30 heavy (non-hydrogen) atoms. The smallest absolute Gasteiger partial charge is 0.119 e. The fraction of sp³-hybridized carbons (Fsp3) is 0.556. The van der Waals surface area contributed by atoms with Gasteiger partial charge in [-0.15, -0.1) is 0 Å². The molecule has 0 aliphatic rings. The van der Waals surface area contributed by atoms with Crippen molar-refractivity contribution in [2.45, 2.75) is 77.6 Å². The lowest BCUT2D eigenvalue weighted by Crippen LogP contribution is -1.97. The highest BCUT2D eigenvalue weighted by Gasteiger charge is 1.98. The second kappa shape index (κ2) is 15.6. The third kappa shape index (κ3) is 10.6. The molecule has 166 valence electrons. The monoisotopic (exact) mass is 412 g/mol. The minimum atomic E-state index is 0.803. The standard InChI is InChI=1S/C27H40O3/c1-3-24-14-16-26(17-15-24)29-22-12-10-8-6-4-5-7-9-11-13-23-30-27-20-18-25(28-2)19-21-27/h14-21H,3-13,22-23H2,1-2H3. The number of benzene rings is 2. The molecular formula is C27H40O3. The number of rotatable bonds is 17. The van der Waals surface area contributed by atoms with E-state index in [4.69, 9.17) is 14.2 Å². The first-order valence-corrected chi connectivity index (χ1v) is 11.8. The van der Waals surface area contributed by atoms with E-state index >= 15 is 0 Å². The van der Waals surface area contributed by atoms with Crippen molar-refractivity contribution < 1.29 is 14.2 Å². The van der Waals surface area contributed by atoms with Crippen LogP contribution in [-0.4, -0.2) is 20.3 Å². The van der Waals surface area contributed by atoms with Crippen molar-refractivity contribution >= 4 is 0 Å². The normalized spacial score (nSPS) is 10.7. The molecule has 3 nitrogen and oxygen atoms in total. The highest BCUT2D eigenvalue weighted by Crippen LogP contribution is 2.18. The molecule has 0 unspecified atom stereocenters. The molecular weight excluding hydrogens is 372 g/mol. The lowest BCUT2D eigenvalue weighted by molar-refractivity contribution is 0.302. The van der Waals surface area contributed by atoms with Gasteiger partial charge in [-0.05, 0) is 61.2 Å². The first kappa shape index (κ1) is 24.1. The fourth-order valence-corrected chi connectivity index (χ4v) is 3.49. The molecule has 0 saturated heterocycles. The molecule has 0 atom stereocenters. The molecule has 0 saturated carbocycles. The van der Waals surface area contributed by atoms with Crippen LogP contribution in [0.2, 0.25) is 0 Å². The van der Waals surface area contributed by atoms with Crippen molar-refractivity contribution in [3.63, 3.8) is 0 Å². The molecule has 0 aliphatic heterocycles. The van der Waals surface area contributed by atoms with Gasteiger partial charge in [-0.1, -0.05) is 70.4 Å². The van der Waals surface area contributed by atoms with Crippen molar-refractivity contribution in [3.8, 4) is 17.2 Å². The first-order valence-electron chi connectivity index (χ1n) is 11.8. The average Bonchev–Trinajstić information content (AvgIpc) is 2.80. The Kier molecular flexibility index (Phi) is 12.6. The summed E-state index contributed by atoms with van der Waals surface area (Å²) < 4.78 is 16.7. The van der Waals surface area contributed by atoms with E-state index in [0.29, 0.717) is 0 Å². The van der Waals surface area contributed by atoms with Crippen LogP contribution < -0.4 is 14.2 Å². The molecule has 0 N–H and O–H groups in total. The second-order valence-corrected chi connectivity index (χ2v) is 7.91. The van der Waals surface area contributed by atoms with Gasteiger partial charge < -0.3 is 14.2 Å². The van der Waals surface area contributed by atoms with Crippen molar-refractivity contribution in [3.05, 3.63) is 54.1 Å². The van der Waals surface area contributed by atoms with Crippen LogP contribution in [0.5, 0.6) is 17.2 Å². The lowest BCUT2D eigenvalue weighted by atomic mass is 10.1. The van der Waals surface area contributed by atoms with Crippen molar-refractivity contribution in [2.24, 2.45) is 0 Å². The van der Waals surface area contributed by atoms with Crippen molar-refractivity contribution in [2.75, 3.05) is 20.3 Å². The van der Waals surface area contributed by atoms with Crippen LogP contribution in [0.15, 0.2) is 48.5 Å². The summed E-state index contributed by atoms with van der Waals surface area (Å²) in [5, 5.41) is 0. The Morgan fingerprint density at radius 2 is 0.867 bits per heavy atom. The molecule has 0 fully saturated rings. The maximum Gasteiger partial charge on any atom is 0.119 e. The SMILES string of the molecule is CCc1ccc(OCCCCCCCCCCCCOc2ccc(OC)cc2)cc1. The Hall–Kier alpha value is -2.16. The van der Waals surface area contributed by atoms with E-state index in [2.05, 4.69) is 31.2 Å². The number of hydrogen-bond acceptors (Lipinski definition) is 3. The van der Waals surface area contributed by atoms with Crippen molar-refractivity contribution in [1.29, 1.82) is 0 Å². The molecule has 0 heterocycles. The largest absolute Gasteiger partial charge is 0.497 e. The highest BCUT2D eigenvalue weighted by molar-refractivity contribution is 5.31. The average molecular weight is 413 g/mol. The van der Waals surface area contributed by atoms with Gasteiger partial charge in [0.25, 0.3) is 0 Å². The van der Waals surface area contributed by atoms with Crippen LogP contribution in [0.25, 0.3) is 0 Å². The zero-order valence-electron chi connectivity index (χ0n) is 19.0. The fourth-order valence-electron chi connectivity index (χ4n) is 3.49. The summed E-state index contributed by atoms with van der Waals surface area (Å²) in [6.07, 6.45) is 14.0. The molecule has 0 aliphatic carbocycles. The second-order valence-electron chi connectivity index (χ2n) is 7.91. The van der Waals surface area contributed by atoms with Gasteiger partial charge in [0.15, 0.2) is 0 Å². The summed E-state index contributed by atoms with van der Waals surface area (Å²) in [5.41, 5.74) is 1.37. The molecule has 0 spiro atoms. The van der Waals surface area contributed by atoms with Gasteiger partial charge in [-0.2, -0.15) is 0 Å². The summed E-state index contributed by atoms with van der Waals surface area (Å²) in [6, 6.07) is 16.3. The highest BCUT2D eigenvalue weighted by atomic mass is 16.5. The van der Waals surface area contributed by atoms with E-state index in [9.17, 15) is 0 Å². The quantitative estimate of drug-likeness (QED) is 0.250. The maximum atomic E-state index is 5.82. The Bertz CT molecular complexity index is 589.